The monoisotopic (exact) mass is 269 g/mol. The number of rotatable bonds is 3. The first kappa shape index (κ1) is 12.5. The normalized spacial score (nSPS) is 17.3. The molecule has 1 aliphatic heterocycles. The number of hydrogen-bond acceptors (Lipinski definition) is 4. The number of phenols is 1. The number of benzene rings is 2. The summed E-state index contributed by atoms with van der Waals surface area (Å²) in [6.45, 7) is 1.04. The highest BCUT2D eigenvalue weighted by Gasteiger charge is 2.19. The second-order valence-electron chi connectivity index (χ2n) is 4.58. The van der Waals surface area contributed by atoms with Gasteiger partial charge in [-0.1, -0.05) is 12.1 Å². The molecular formula is C16H15NO3. The molecule has 0 saturated carbocycles. The van der Waals surface area contributed by atoms with Crippen LogP contribution in [-0.4, -0.2) is 30.6 Å². The van der Waals surface area contributed by atoms with Crippen LogP contribution in [0.2, 0.25) is 0 Å². The topological polar surface area (TPSA) is 51.1 Å². The molecular weight excluding hydrogens is 254 g/mol. The molecule has 0 unspecified atom stereocenters. The minimum Gasteiger partial charge on any atom is -0.508 e. The SMILES string of the molecule is Oc1ccc(C=NC[C@H]2COc3ccccc3O2)cc1. The van der Waals surface area contributed by atoms with Crippen molar-refractivity contribution in [1.29, 1.82) is 0 Å². The van der Waals surface area contributed by atoms with Gasteiger partial charge in [0.25, 0.3) is 0 Å². The molecule has 2 aromatic rings. The lowest BCUT2D eigenvalue weighted by atomic mass is 10.2. The predicted octanol–water partition coefficient (Wildman–Crippen LogP) is 2.65. The van der Waals surface area contributed by atoms with Gasteiger partial charge in [0, 0.05) is 6.21 Å². The third kappa shape index (κ3) is 2.91. The van der Waals surface area contributed by atoms with E-state index < -0.39 is 0 Å². The van der Waals surface area contributed by atoms with Gasteiger partial charge in [0.15, 0.2) is 17.6 Å². The van der Waals surface area contributed by atoms with Gasteiger partial charge in [0.1, 0.15) is 12.4 Å². The number of nitrogens with zero attached hydrogens (tertiary/aromatic N) is 1. The minimum absolute atomic E-state index is 0.0711. The zero-order chi connectivity index (χ0) is 13.8. The van der Waals surface area contributed by atoms with Crippen LogP contribution in [0, 0.1) is 0 Å². The maximum absolute atomic E-state index is 9.20. The summed E-state index contributed by atoms with van der Waals surface area (Å²) in [4.78, 5) is 4.36. The van der Waals surface area contributed by atoms with Gasteiger partial charge in [-0.05, 0) is 42.0 Å². The number of fused-ring (bicyclic) bond motifs is 1. The first-order valence-corrected chi connectivity index (χ1v) is 6.48. The Bertz CT molecular complexity index is 607. The van der Waals surface area contributed by atoms with Gasteiger partial charge in [-0.3, -0.25) is 4.99 Å². The van der Waals surface area contributed by atoms with Crippen LogP contribution >= 0.6 is 0 Å². The van der Waals surface area contributed by atoms with E-state index in [1.54, 1.807) is 18.3 Å². The van der Waals surface area contributed by atoms with Crippen molar-refractivity contribution in [2.45, 2.75) is 6.10 Å². The molecule has 20 heavy (non-hydrogen) atoms. The summed E-state index contributed by atoms with van der Waals surface area (Å²) in [6.07, 6.45) is 1.70. The molecule has 0 bridgehead atoms. The highest BCUT2D eigenvalue weighted by atomic mass is 16.6. The molecule has 4 nitrogen and oxygen atoms in total. The lowest BCUT2D eigenvalue weighted by Gasteiger charge is -2.25. The van der Waals surface area contributed by atoms with Crippen LogP contribution in [-0.2, 0) is 0 Å². The van der Waals surface area contributed by atoms with Crippen molar-refractivity contribution in [2.75, 3.05) is 13.2 Å². The molecule has 0 amide bonds. The average Bonchev–Trinajstić information content (AvgIpc) is 2.49. The maximum Gasteiger partial charge on any atom is 0.161 e. The smallest absolute Gasteiger partial charge is 0.161 e. The molecule has 102 valence electrons. The van der Waals surface area contributed by atoms with Crippen molar-refractivity contribution in [2.24, 2.45) is 4.99 Å². The molecule has 1 N–H and O–H groups in total. The first-order valence-electron chi connectivity index (χ1n) is 6.48. The van der Waals surface area contributed by atoms with Crippen LogP contribution in [0.3, 0.4) is 0 Å². The number of aromatic hydroxyl groups is 1. The van der Waals surface area contributed by atoms with E-state index in [2.05, 4.69) is 4.99 Å². The summed E-state index contributed by atoms with van der Waals surface area (Å²) < 4.78 is 11.4. The van der Waals surface area contributed by atoms with Crippen molar-refractivity contribution in [1.82, 2.24) is 0 Å². The molecule has 1 aliphatic rings. The van der Waals surface area contributed by atoms with E-state index in [0.717, 1.165) is 17.1 Å². The molecule has 2 aromatic carbocycles. The van der Waals surface area contributed by atoms with Crippen molar-refractivity contribution < 1.29 is 14.6 Å². The Kier molecular flexibility index (Phi) is 3.54. The third-order valence-corrected chi connectivity index (χ3v) is 3.01. The Labute approximate surface area is 117 Å². The Hall–Kier alpha value is -2.49. The molecule has 0 aromatic heterocycles. The number of phenolic OH excluding ortho intramolecular Hbond substituents is 1. The molecule has 0 spiro atoms. The van der Waals surface area contributed by atoms with E-state index in [0.29, 0.717) is 13.2 Å². The molecule has 0 radical (unpaired) electrons. The fourth-order valence-corrected chi connectivity index (χ4v) is 1.99. The van der Waals surface area contributed by atoms with E-state index in [4.69, 9.17) is 9.47 Å². The second-order valence-corrected chi connectivity index (χ2v) is 4.58. The van der Waals surface area contributed by atoms with Crippen LogP contribution in [0.25, 0.3) is 0 Å². The van der Waals surface area contributed by atoms with Gasteiger partial charge >= 0.3 is 0 Å². The van der Waals surface area contributed by atoms with Crippen LogP contribution in [0.15, 0.2) is 53.5 Å². The van der Waals surface area contributed by atoms with Crippen LogP contribution in [0.5, 0.6) is 17.2 Å². The van der Waals surface area contributed by atoms with Crippen LogP contribution in [0.1, 0.15) is 5.56 Å². The summed E-state index contributed by atoms with van der Waals surface area (Å²) in [7, 11) is 0. The highest BCUT2D eigenvalue weighted by Crippen LogP contribution is 2.30. The van der Waals surface area contributed by atoms with Gasteiger partial charge in [-0.2, -0.15) is 0 Å². The Morgan fingerprint density at radius 3 is 2.65 bits per heavy atom. The Balaban J connectivity index is 1.59. The summed E-state index contributed by atoms with van der Waals surface area (Å²) in [5.74, 6) is 1.80. The quantitative estimate of drug-likeness (QED) is 0.871. The number of ether oxygens (including phenoxy) is 2. The zero-order valence-electron chi connectivity index (χ0n) is 10.9. The van der Waals surface area contributed by atoms with Crippen LogP contribution < -0.4 is 9.47 Å². The first-order chi connectivity index (χ1) is 9.81. The van der Waals surface area contributed by atoms with Gasteiger partial charge in [-0.25, -0.2) is 0 Å². The highest BCUT2D eigenvalue weighted by molar-refractivity contribution is 5.79. The summed E-state index contributed by atoms with van der Waals surface area (Å²) in [6, 6.07) is 14.5. The molecule has 1 atom stereocenters. The van der Waals surface area contributed by atoms with Crippen molar-refractivity contribution in [3.8, 4) is 17.2 Å². The maximum atomic E-state index is 9.20. The standard InChI is InChI=1S/C16H15NO3/c18-13-7-5-12(6-8-13)9-17-10-14-11-19-15-3-1-2-4-16(15)20-14/h1-9,14,18H,10-11H2/t14-/m0/s1. The Morgan fingerprint density at radius 1 is 1.10 bits per heavy atom. The van der Waals surface area contributed by atoms with E-state index in [9.17, 15) is 5.11 Å². The molecule has 0 saturated heterocycles. The number of aliphatic imine (C=N–C) groups is 1. The van der Waals surface area contributed by atoms with Crippen LogP contribution in [0.4, 0.5) is 0 Å². The predicted molar refractivity (Wildman–Crippen MR) is 76.9 cm³/mol. The van der Waals surface area contributed by atoms with Crippen molar-refractivity contribution >= 4 is 6.21 Å². The Morgan fingerprint density at radius 2 is 1.85 bits per heavy atom. The minimum atomic E-state index is -0.0711. The van der Waals surface area contributed by atoms with E-state index >= 15 is 0 Å². The molecule has 0 fully saturated rings. The summed E-state index contributed by atoms with van der Waals surface area (Å²) >= 11 is 0. The second kappa shape index (κ2) is 5.65. The van der Waals surface area contributed by atoms with E-state index in [1.807, 2.05) is 36.4 Å². The zero-order valence-corrected chi connectivity index (χ0v) is 10.9. The lowest BCUT2D eigenvalue weighted by molar-refractivity contribution is 0.0973. The van der Waals surface area contributed by atoms with E-state index in [1.165, 1.54) is 0 Å². The fourth-order valence-electron chi connectivity index (χ4n) is 1.99. The average molecular weight is 269 g/mol. The molecule has 4 heteroatoms. The van der Waals surface area contributed by atoms with Gasteiger partial charge in [-0.15, -0.1) is 0 Å². The van der Waals surface area contributed by atoms with E-state index in [-0.39, 0.29) is 11.9 Å². The molecule has 0 aliphatic carbocycles. The number of hydrogen-bond donors (Lipinski definition) is 1. The van der Waals surface area contributed by atoms with Gasteiger partial charge in [0.2, 0.25) is 0 Å². The molecule has 1 heterocycles. The third-order valence-electron chi connectivity index (χ3n) is 3.01. The summed E-state index contributed by atoms with van der Waals surface area (Å²) in [5.41, 5.74) is 0.944. The van der Waals surface area contributed by atoms with Crippen molar-refractivity contribution in [3.63, 3.8) is 0 Å². The van der Waals surface area contributed by atoms with Crippen molar-refractivity contribution in [3.05, 3.63) is 54.1 Å². The van der Waals surface area contributed by atoms with Gasteiger partial charge < -0.3 is 14.6 Å². The summed E-state index contributed by atoms with van der Waals surface area (Å²) in [5, 5.41) is 9.20. The lowest BCUT2D eigenvalue weighted by Crippen LogP contribution is -2.31. The van der Waals surface area contributed by atoms with Gasteiger partial charge in [0.05, 0.1) is 6.54 Å². The largest absolute Gasteiger partial charge is 0.508 e. The molecule has 3 rings (SSSR count). The fraction of sp³-hybridized carbons (Fsp3) is 0.188. The number of para-hydroxylation sites is 2.